The Bertz CT molecular complexity index is 1710. The number of nitrogens with zero attached hydrogens (tertiary/aromatic N) is 8. The van der Waals surface area contributed by atoms with Gasteiger partial charge < -0.3 is 15.0 Å². The number of amides is 1. The highest BCUT2D eigenvalue weighted by atomic mass is 19.1. The number of anilines is 1. The molecule has 2 fully saturated rings. The molecule has 46 heavy (non-hydrogen) atoms. The summed E-state index contributed by atoms with van der Waals surface area (Å²) in [7, 11) is 0. The minimum absolute atomic E-state index is 0.0739. The molecule has 0 spiro atoms. The van der Waals surface area contributed by atoms with Gasteiger partial charge in [-0.05, 0) is 37.6 Å². The lowest BCUT2D eigenvalue weighted by Crippen LogP contribution is -2.62. The molecule has 0 radical (unpaired) electrons. The maximum absolute atomic E-state index is 14.4. The molecule has 3 aliphatic rings. The van der Waals surface area contributed by atoms with Crippen molar-refractivity contribution in [2.24, 2.45) is 0 Å². The number of ether oxygens (including phenoxy) is 1. The average molecular weight is 628 g/mol. The fraction of sp³-hybridized carbons (Fsp3) is 0.500. The van der Waals surface area contributed by atoms with E-state index in [1.165, 1.54) is 18.5 Å². The number of hydrogen-bond donors (Lipinski definition) is 1. The van der Waals surface area contributed by atoms with E-state index in [4.69, 9.17) is 14.8 Å². The van der Waals surface area contributed by atoms with E-state index in [9.17, 15) is 9.18 Å². The van der Waals surface area contributed by atoms with Crippen LogP contribution in [0.1, 0.15) is 44.5 Å². The van der Waals surface area contributed by atoms with Crippen molar-refractivity contribution in [3.63, 3.8) is 0 Å². The van der Waals surface area contributed by atoms with Crippen LogP contribution in [0, 0.1) is 5.82 Å². The first-order valence-corrected chi connectivity index (χ1v) is 16.2. The van der Waals surface area contributed by atoms with E-state index < -0.39 is 0 Å². The van der Waals surface area contributed by atoms with Crippen LogP contribution in [0.5, 0.6) is 0 Å². The van der Waals surface area contributed by atoms with Crippen LogP contribution in [0.15, 0.2) is 49.1 Å². The second kappa shape index (κ2) is 12.4. The van der Waals surface area contributed by atoms with Crippen molar-refractivity contribution in [2.75, 3.05) is 57.4 Å². The Hall–Kier alpha value is -3.84. The SMILES string of the molecule is C[C@@H]1CN(CC(=O)N2CC(C)(C)c3c2cc(Cc2ccc(F)cc2)c2nc(-c4cncnc4)nn32)[C@@H](CN2CCOC[C@H]2C)CN1. The van der Waals surface area contributed by atoms with Gasteiger partial charge in [0, 0.05) is 80.6 Å². The Balaban J connectivity index is 1.24. The Morgan fingerprint density at radius 3 is 2.67 bits per heavy atom. The number of morpholine rings is 1. The number of rotatable bonds is 7. The van der Waals surface area contributed by atoms with Gasteiger partial charge in [0.05, 0.1) is 36.7 Å². The number of nitrogens with one attached hydrogen (secondary N) is 1. The number of pyridine rings is 1. The zero-order chi connectivity index (χ0) is 32.0. The molecular formula is C34H42FN9O2. The molecule has 242 valence electrons. The van der Waals surface area contributed by atoms with Crippen molar-refractivity contribution < 1.29 is 13.9 Å². The van der Waals surface area contributed by atoms with Gasteiger partial charge in [0.2, 0.25) is 5.91 Å². The van der Waals surface area contributed by atoms with Gasteiger partial charge in [-0.3, -0.25) is 14.6 Å². The van der Waals surface area contributed by atoms with Crippen molar-refractivity contribution in [1.29, 1.82) is 0 Å². The van der Waals surface area contributed by atoms with Crippen LogP contribution in [-0.2, 0) is 21.4 Å². The van der Waals surface area contributed by atoms with E-state index in [2.05, 4.69) is 58.8 Å². The molecule has 6 heterocycles. The third-order valence-corrected chi connectivity index (χ3v) is 9.59. The summed E-state index contributed by atoms with van der Waals surface area (Å²) in [5.74, 6) is 0.313. The molecule has 11 nitrogen and oxygen atoms in total. The molecule has 12 heteroatoms. The highest BCUT2D eigenvalue weighted by molar-refractivity contribution is 5.98. The van der Waals surface area contributed by atoms with E-state index in [0.29, 0.717) is 48.6 Å². The largest absolute Gasteiger partial charge is 0.379 e. The predicted molar refractivity (Wildman–Crippen MR) is 173 cm³/mol. The average Bonchev–Trinajstić information content (AvgIpc) is 3.60. The zero-order valence-electron chi connectivity index (χ0n) is 27.0. The van der Waals surface area contributed by atoms with Gasteiger partial charge in [0.15, 0.2) is 11.5 Å². The molecule has 0 bridgehead atoms. The lowest BCUT2D eigenvalue weighted by Gasteiger charge is -2.43. The minimum Gasteiger partial charge on any atom is -0.379 e. The minimum atomic E-state index is -0.380. The maximum Gasteiger partial charge on any atom is 0.241 e. The molecule has 3 aliphatic heterocycles. The smallest absolute Gasteiger partial charge is 0.241 e. The van der Waals surface area contributed by atoms with Gasteiger partial charge in [0.25, 0.3) is 0 Å². The first-order valence-electron chi connectivity index (χ1n) is 16.2. The lowest BCUT2D eigenvalue weighted by molar-refractivity contribution is -0.121. The van der Waals surface area contributed by atoms with Crippen molar-refractivity contribution >= 4 is 17.2 Å². The Kier molecular flexibility index (Phi) is 8.30. The number of benzene rings is 1. The highest BCUT2D eigenvalue weighted by Crippen LogP contribution is 2.42. The molecule has 3 atom stereocenters. The first-order chi connectivity index (χ1) is 22.2. The predicted octanol–water partition coefficient (Wildman–Crippen LogP) is 2.92. The summed E-state index contributed by atoms with van der Waals surface area (Å²) in [4.78, 5) is 34.4. The summed E-state index contributed by atoms with van der Waals surface area (Å²) in [5, 5.41) is 8.60. The summed E-state index contributed by atoms with van der Waals surface area (Å²) in [5.41, 5.74) is 4.69. The third-order valence-electron chi connectivity index (χ3n) is 9.59. The number of carbonyl (C=O) groups excluding carboxylic acids is 1. The Morgan fingerprint density at radius 1 is 1.13 bits per heavy atom. The van der Waals surface area contributed by atoms with Crippen molar-refractivity contribution in [1.82, 2.24) is 39.7 Å². The summed E-state index contributed by atoms with van der Waals surface area (Å²) in [6.45, 7) is 14.5. The number of piperazine rings is 1. The van der Waals surface area contributed by atoms with Gasteiger partial charge >= 0.3 is 0 Å². The van der Waals surface area contributed by atoms with E-state index in [-0.39, 0.29) is 23.2 Å². The van der Waals surface area contributed by atoms with Crippen LogP contribution < -0.4 is 10.2 Å². The summed E-state index contributed by atoms with van der Waals surface area (Å²) in [6.07, 6.45) is 5.39. The van der Waals surface area contributed by atoms with Crippen LogP contribution in [0.25, 0.3) is 17.0 Å². The second-order valence-electron chi connectivity index (χ2n) is 13.7. The number of hydrogen-bond acceptors (Lipinski definition) is 9. The molecule has 1 aromatic carbocycles. The van der Waals surface area contributed by atoms with E-state index in [0.717, 1.165) is 61.9 Å². The van der Waals surface area contributed by atoms with E-state index in [1.807, 2.05) is 9.42 Å². The molecule has 4 aromatic rings. The van der Waals surface area contributed by atoms with Crippen molar-refractivity contribution in [3.05, 3.63) is 71.7 Å². The van der Waals surface area contributed by atoms with Gasteiger partial charge in [0.1, 0.15) is 12.1 Å². The fourth-order valence-electron chi connectivity index (χ4n) is 7.16. The number of halogens is 1. The number of carbonyl (C=O) groups is 1. The Morgan fingerprint density at radius 2 is 1.91 bits per heavy atom. The molecule has 3 aromatic heterocycles. The molecule has 0 aliphatic carbocycles. The normalized spacial score (nSPS) is 23.6. The highest BCUT2D eigenvalue weighted by Gasteiger charge is 2.43. The summed E-state index contributed by atoms with van der Waals surface area (Å²) in [6, 6.07) is 9.48. The molecule has 1 amide bonds. The second-order valence-corrected chi connectivity index (χ2v) is 13.7. The van der Waals surface area contributed by atoms with Gasteiger partial charge in [-0.25, -0.2) is 23.9 Å². The molecule has 7 rings (SSSR count). The van der Waals surface area contributed by atoms with Crippen LogP contribution >= 0.6 is 0 Å². The first kappa shape index (κ1) is 30.8. The third kappa shape index (κ3) is 6.02. The maximum atomic E-state index is 14.4. The van der Waals surface area contributed by atoms with E-state index >= 15 is 0 Å². The quantitative estimate of drug-likeness (QED) is 0.331. The van der Waals surface area contributed by atoms with Gasteiger partial charge in [-0.2, -0.15) is 0 Å². The molecule has 2 saturated heterocycles. The topological polar surface area (TPSA) is 104 Å². The van der Waals surface area contributed by atoms with Crippen molar-refractivity contribution in [2.45, 2.75) is 57.7 Å². The molecule has 0 unspecified atom stereocenters. The summed E-state index contributed by atoms with van der Waals surface area (Å²) >= 11 is 0. The number of aromatic nitrogens is 5. The molecule has 0 saturated carbocycles. The van der Waals surface area contributed by atoms with Gasteiger partial charge in [-0.1, -0.05) is 26.0 Å². The van der Waals surface area contributed by atoms with Crippen molar-refractivity contribution in [3.8, 4) is 11.4 Å². The Labute approximate surface area is 268 Å². The number of fused-ring (bicyclic) bond motifs is 3. The molecular weight excluding hydrogens is 585 g/mol. The standard InChI is InChI=1S/C34H42FN9O2/c1-22-16-42(28(15-38-22)17-41-9-10-46-19-23(41)2)18-30(45)43-20-34(3,4)31-29(43)12-25(11-24-5-7-27(35)8-6-24)33-39-32(40-44(31)33)26-13-36-21-37-14-26/h5-8,12-14,21-23,28,38H,9-11,15-20H2,1-4H3/t22-,23-,28-/m1/s1. The van der Waals surface area contributed by atoms with Crippen LogP contribution in [0.3, 0.4) is 0 Å². The molecule has 1 N–H and O–H groups in total. The van der Waals surface area contributed by atoms with Gasteiger partial charge in [-0.15, -0.1) is 5.10 Å². The monoisotopic (exact) mass is 627 g/mol. The fourth-order valence-corrected chi connectivity index (χ4v) is 7.16. The zero-order valence-corrected chi connectivity index (χ0v) is 27.0. The van der Waals surface area contributed by atoms with Crippen LogP contribution in [0.2, 0.25) is 0 Å². The lowest BCUT2D eigenvalue weighted by atomic mass is 9.90. The van der Waals surface area contributed by atoms with Crippen LogP contribution in [-0.4, -0.2) is 111 Å². The van der Waals surface area contributed by atoms with E-state index in [1.54, 1.807) is 24.5 Å². The summed E-state index contributed by atoms with van der Waals surface area (Å²) < 4.78 is 21.3. The van der Waals surface area contributed by atoms with Crippen LogP contribution in [0.4, 0.5) is 10.1 Å².